The number of fused-ring (bicyclic) bond motifs is 1. The van der Waals surface area contributed by atoms with E-state index in [1.54, 1.807) is 24.0 Å². The van der Waals surface area contributed by atoms with Crippen LogP contribution in [0.1, 0.15) is 15.9 Å². The van der Waals surface area contributed by atoms with Crippen LogP contribution in [0.3, 0.4) is 0 Å². The highest BCUT2D eigenvalue weighted by molar-refractivity contribution is 7.98. The Bertz CT molecular complexity index is 1150. The number of nitrogens with zero attached hydrogens (tertiary/aromatic N) is 3. The minimum absolute atomic E-state index is 0.276. The lowest BCUT2D eigenvalue weighted by molar-refractivity contribution is 0.102. The first-order chi connectivity index (χ1) is 13.2. The zero-order valence-corrected chi connectivity index (χ0v) is 14.7. The van der Waals surface area contributed by atoms with E-state index in [1.807, 2.05) is 18.2 Å². The third-order valence-corrected chi connectivity index (χ3v) is 4.81. The maximum Gasteiger partial charge on any atom is 0.335 e. The summed E-state index contributed by atoms with van der Waals surface area (Å²) in [6.45, 7) is 0. The van der Waals surface area contributed by atoms with Gasteiger partial charge in [-0.1, -0.05) is 12.1 Å². The number of anilines is 1. The van der Waals surface area contributed by atoms with Crippen molar-refractivity contribution in [1.29, 1.82) is 0 Å². The van der Waals surface area contributed by atoms with Gasteiger partial charge >= 0.3 is 5.63 Å². The Kier molecular flexibility index (Phi) is 4.67. The first-order valence-corrected chi connectivity index (χ1v) is 8.93. The van der Waals surface area contributed by atoms with Crippen molar-refractivity contribution in [2.24, 2.45) is 0 Å². The van der Waals surface area contributed by atoms with Crippen LogP contribution in [0.5, 0.6) is 0 Å². The van der Waals surface area contributed by atoms with Crippen molar-refractivity contribution in [2.75, 3.05) is 5.32 Å². The van der Waals surface area contributed by atoms with Crippen LogP contribution in [0.15, 0.2) is 69.4 Å². The predicted octanol–water partition coefficient (Wildman–Crippen LogP) is 2.85. The van der Waals surface area contributed by atoms with E-state index in [4.69, 9.17) is 4.42 Å². The molecule has 4 aromatic rings. The molecule has 0 aliphatic heterocycles. The van der Waals surface area contributed by atoms with Crippen LogP contribution in [0, 0.1) is 0 Å². The van der Waals surface area contributed by atoms with Gasteiger partial charge in [0.2, 0.25) is 0 Å². The zero-order chi connectivity index (χ0) is 18.6. The Labute approximate surface area is 157 Å². The lowest BCUT2D eigenvalue weighted by atomic mass is 10.2. The molecular weight excluding hydrogens is 366 g/mol. The van der Waals surface area contributed by atoms with E-state index < -0.39 is 5.63 Å². The zero-order valence-electron chi connectivity index (χ0n) is 13.9. The summed E-state index contributed by atoms with van der Waals surface area (Å²) in [4.78, 5) is 31.6. The number of hydrogen-bond donors (Lipinski definition) is 2. The maximum absolute atomic E-state index is 12.2. The number of aromatic nitrogens is 4. The van der Waals surface area contributed by atoms with Gasteiger partial charge in [0.05, 0.1) is 17.1 Å². The highest BCUT2D eigenvalue weighted by atomic mass is 32.2. The van der Waals surface area contributed by atoms with Crippen LogP contribution in [0.4, 0.5) is 5.69 Å². The fourth-order valence-corrected chi connectivity index (χ4v) is 3.35. The summed E-state index contributed by atoms with van der Waals surface area (Å²) in [5, 5.41) is 11.3. The average Bonchev–Trinajstić information content (AvgIpc) is 3.16. The highest BCUT2D eigenvalue weighted by Crippen LogP contribution is 2.27. The monoisotopic (exact) mass is 379 g/mol. The molecule has 1 aromatic carbocycles. The van der Waals surface area contributed by atoms with Gasteiger partial charge in [-0.15, -0.1) is 11.8 Å². The Morgan fingerprint density at radius 3 is 3.00 bits per heavy atom. The van der Waals surface area contributed by atoms with Crippen LogP contribution >= 0.6 is 11.8 Å². The minimum atomic E-state index is -0.498. The number of amides is 1. The molecular formula is C18H13N5O3S. The van der Waals surface area contributed by atoms with Crippen molar-refractivity contribution >= 4 is 34.4 Å². The van der Waals surface area contributed by atoms with Crippen LogP contribution in [0.25, 0.3) is 11.0 Å². The molecule has 0 saturated carbocycles. The van der Waals surface area contributed by atoms with E-state index in [0.717, 1.165) is 22.2 Å². The summed E-state index contributed by atoms with van der Waals surface area (Å²) in [5.74, 6) is 0.320. The number of nitrogens with one attached hydrogen (secondary N) is 2. The summed E-state index contributed by atoms with van der Waals surface area (Å²) in [6, 6.07) is 10.1. The SMILES string of the molecule is O=C(Nc1cccc(CSc2ncnc3[nH]ncc23)c1)c1ccc(=O)oc1. The molecule has 0 radical (unpaired) electrons. The first kappa shape index (κ1) is 17.0. The Balaban J connectivity index is 1.46. The Morgan fingerprint density at radius 2 is 2.15 bits per heavy atom. The number of thioether (sulfide) groups is 1. The first-order valence-electron chi connectivity index (χ1n) is 7.95. The Morgan fingerprint density at radius 1 is 1.22 bits per heavy atom. The summed E-state index contributed by atoms with van der Waals surface area (Å²) in [6.07, 6.45) is 4.34. The molecule has 8 nitrogen and oxygen atoms in total. The molecule has 9 heteroatoms. The molecule has 0 saturated heterocycles. The minimum Gasteiger partial charge on any atom is -0.430 e. The molecule has 0 spiro atoms. The largest absolute Gasteiger partial charge is 0.430 e. The molecule has 0 fully saturated rings. The molecule has 0 aliphatic rings. The molecule has 1 amide bonds. The smallest absolute Gasteiger partial charge is 0.335 e. The van der Waals surface area contributed by atoms with Crippen molar-refractivity contribution in [2.45, 2.75) is 10.8 Å². The third kappa shape index (κ3) is 3.87. The average molecular weight is 379 g/mol. The Hall–Kier alpha value is -3.46. The highest BCUT2D eigenvalue weighted by Gasteiger charge is 2.09. The second kappa shape index (κ2) is 7.42. The summed E-state index contributed by atoms with van der Waals surface area (Å²) < 4.78 is 4.72. The van der Waals surface area contributed by atoms with E-state index in [9.17, 15) is 9.59 Å². The van der Waals surface area contributed by atoms with Gasteiger partial charge in [-0.25, -0.2) is 14.8 Å². The van der Waals surface area contributed by atoms with Gasteiger partial charge in [-0.2, -0.15) is 5.10 Å². The molecule has 2 N–H and O–H groups in total. The molecule has 134 valence electrons. The van der Waals surface area contributed by atoms with E-state index >= 15 is 0 Å². The number of hydrogen-bond acceptors (Lipinski definition) is 7. The van der Waals surface area contributed by atoms with Crippen molar-refractivity contribution in [3.63, 3.8) is 0 Å². The molecule has 0 atom stereocenters. The molecule has 27 heavy (non-hydrogen) atoms. The lowest BCUT2D eigenvalue weighted by Gasteiger charge is -2.07. The van der Waals surface area contributed by atoms with Crippen molar-refractivity contribution in [1.82, 2.24) is 20.2 Å². The van der Waals surface area contributed by atoms with Crippen molar-refractivity contribution < 1.29 is 9.21 Å². The third-order valence-electron chi connectivity index (χ3n) is 3.74. The molecule has 0 bridgehead atoms. The molecule has 3 aromatic heterocycles. The quantitative estimate of drug-likeness (QED) is 0.405. The number of rotatable bonds is 5. The molecule has 3 heterocycles. The van der Waals surface area contributed by atoms with Gasteiger partial charge in [-0.3, -0.25) is 9.89 Å². The second-order valence-electron chi connectivity index (χ2n) is 5.60. The number of H-pyrrole nitrogens is 1. The van der Waals surface area contributed by atoms with Gasteiger partial charge in [0.15, 0.2) is 5.65 Å². The summed E-state index contributed by atoms with van der Waals surface area (Å²) >= 11 is 1.56. The van der Waals surface area contributed by atoms with Gasteiger partial charge in [0.25, 0.3) is 5.91 Å². The van der Waals surface area contributed by atoms with Gasteiger partial charge in [-0.05, 0) is 23.8 Å². The van der Waals surface area contributed by atoms with Gasteiger partial charge in [0.1, 0.15) is 17.6 Å². The maximum atomic E-state index is 12.2. The standard InChI is InChI=1S/C18H13N5O3S/c24-15-5-4-12(8-26-15)17(25)22-13-3-1-2-11(6-13)9-27-18-14-7-21-23-16(14)19-10-20-18/h1-8,10H,9H2,(H,22,25)(H,19,20,21,23). The number of carbonyl (C=O) groups is 1. The van der Waals surface area contributed by atoms with E-state index in [-0.39, 0.29) is 11.5 Å². The number of aromatic amines is 1. The van der Waals surface area contributed by atoms with Gasteiger partial charge in [0, 0.05) is 17.5 Å². The second-order valence-corrected chi connectivity index (χ2v) is 6.56. The fourth-order valence-electron chi connectivity index (χ4n) is 2.44. The topological polar surface area (TPSA) is 114 Å². The van der Waals surface area contributed by atoms with E-state index in [2.05, 4.69) is 25.5 Å². The van der Waals surface area contributed by atoms with E-state index in [1.165, 1.54) is 18.5 Å². The van der Waals surface area contributed by atoms with Crippen molar-refractivity contribution in [3.8, 4) is 0 Å². The number of carbonyl (C=O) groups excluding carboxylic acids is 1. The van der Waals surface area contributed by atoms with Crippen molar-refractivity contribution in [3.05, 3.63) is 76.7 Å². The van der Waals surface area contributed by atoms with E-state index in [0.29, 0.717) is 17.1 Å². The van der Waals surface area contributed by atoms with Crippen LogP contribution in [-0.4, -0.2) is 26.1 Å². The van der Waals surface area contributed by atoms with Crippen LogP contribution < -0.4 is 10.9 Å². The summed E-state index contributed by atoms with van der Waals surface area (Å²) in [5.41, 5.74) is 2.15. The normalized spacial score (nSPS) is 10.8. The van der Waals surface area contributed by atoms with Crippen LogP contribution in [-0.2, 0) is 5.75 Å². The van der Waals surface area contributed by atoms with Gasteiger partial charge < -0.3 is 9.73 Å². The fraction of sp³-hybridized carbons (Fsp3) is 0.0556. The number of benzene rings is 1. The summed E-state index contributed by atoms with van der Waals surface area (Å²) in [7, 11) is 0. The molecule has 0 unspecified atom stereocenters. The molecule has 4 rings (SSSR count). The lowest BCUT2D eigenvalue weighted by Crippen LogP contribution is -2.13. The van der Waals surface area contributed by atoms with Crippen LogP contribution in [0.2, 0.25) is 0 Å². The predicted molar refractivity (Wildman–Crippen MR) is 101 cm³/mol. The molecule has 0 aliphatic carbocycles.